The Morgan fingerprint density at radius 2 is 1.58 bits per heavy atom. The number of guanidine groups is 1. The lowest BCUT2D eigenvalue weighted by molar-refractivity contribution is 1.20. The number of nitrogens with two attached hydrogens (primary N) is 2. The molecule has 0 radical (unpaired) electrons. The minimum absolute atomic E-state index is 0.0394. The fourth-order valence-electron chi connectivity index (χ4n) is 1.61. The smallest absolute Gasteiger partial charge is 0.211 e. The molecule has 0 aliphatic heterocycles. The van der Waals surface area contributed by atoms with E-state index in [0.29, 0.717) is 5.71 Å². The van der Waals surface area contributed by atoms with Gasteiger partial charge in [0.1, 0.15) is 0 Å². The Bertz CT molecular complexity index is 716. The second kappa shape index (κ2) is 14.2. The number of nitrogens with one attached hydrogen (secondary N) is 1. The number of nitrogens with zero attached hydrogens (tertiary/aromatic N) is 2. The fraction of sp³-hybridized carbons (Fsp3) is 0.190. The summed E-state index contributed by atoms with van der Waals surface area (Å²) in [5.41, 5.74) is 13.9. The van der Waals surface area contributed by atoms with Crippen molar-refractivity contribution in [3.63, 3.8) is 0 Å². The van der Waals surface area contributed by atoms with E-state index >= 15 is 0 Å². The van der Waals surface area contributed by atoms with Gasteiger partial charge in [0, 0.05) is 5.71 Å². The van der Waals surface area contributed by atoms with Crippen LogP contribution in [-0.4, -0.2) is 17.4 Å². The van der Waals surface area contributed by atoms with Gasteiger partial charge in [-0.1, -0.05) is 60.7 Å². The van der Waals surface area contributed by atoms with Crippen LogP contribution in [0.4, 0.5) is 0 Å². The summed E-state index contributed by atoms with van der Waals surface area (Å²) in [6.07, 6.45) is 13.5. The van der Waals surface area contributed by atoms with Crippen LogP contribution in [0.5, 0.6) is 0 Å². The second-order valence-electron chi connectivity index (χ2n) is 5.32. The molecule has 5 nitrogen and oxygen atoms in total. The summed E-state index contributed by atoms with van der Waals surface area (Å²) in [6.45, 7) is 7.53. The molecule has 0 saturated heterocycles. The topological polar surface area (TPSA) is 101 Å². The van der Waals surface area contributed by atoms with Crippen LogP contribution in [0.25, 0.3) is 6.08 Å². The molecule has 0 atom stereocenters. The van der Waals surface area contributed by atoms with Crippen LogP contribution in [0, 0.1) is 5.41 Å². The minimum Gasteiger partial charge on any atom is -0.369 e. The molecule has 0 fully saturated rings. The highest BCUT2D eigenvalue weighted by Gasteiger charge is 1.85. The molecule has 5 N–H and O–H groups in total. The highest BCUT2D eigenvalue weighted by Crippen LogP contribution is 2.00. The third kappa shape index (κ3) is 13.2. The maximum absolute atomic E-state index is 7.16. The molecule has 0 aliphatic rings. The summed E-state index contributed by atoms with van der Waals surface area (Å²) < 4.78 is 0. The molecule has 1 rings (SSSR count). The number of benzene rings is 1. The average molecular weight is 351 g/mol. The molecule has 26 heavy (non-hydrogen) atoms. The fourth-order valence-corrected chi connectivity index (χ4v) is 1.61. The van der Waals surface area contributed by atoms with Gasteiger partial charge in [-0.3, -0.25) is 0 Å². The van der Waals surface area contributed by atoms with Gasteiger partial charge >= 0.3 is 0 Å². The van der Waals surface area contributed by atoms with Crippen LogP contribution >= 0.6 is 0 Å². The molecule has 0 spiro atoms. The summed E-state index contributed by atoms with van der Waals surface area (Å²) in [4.78, 5) is 0. The highest BCUT2D eigenvalue weighted by molar-refractivity contribution is 5.94. The Morgan fingerprint density at radius 3 is 2.08 bits per heavy atom. The van der Waals surface area contributed by atoms with E-state index in [2.05, 4.69) is 10.2 Å². The molecule has 1 aromatic carbocycles. The van der Waals surface area contributed by atoms with Crippen molar-refractivity contribution < 1.29 is 0 Å². The molecule has 0 aliphatic carbocycles. The lowest BCUT2D eigenvalue weighted by Crippen LogP contribution is -2.21. The van der Waals surface area contributed by atoms with E-state index in [-0.39, 0.29) is 5.96 Å². The van der Waals surface area contributed by atoms with E-state index in [0.717, 1.165) is 16.8 Å². The van der Waals surface area contributed by atoms with Crippen molar-refractivity contribution >= 4 is 23.5 Å². The maximum Gasteiger partial charge on any atom is 0.211 e. The van der Waals surface area contributed by atoms with E-state index in [1.807, 2.05) is 87.6 Å². The van der Waals surface area contributed by atoms with Crippen molar-refractivity contribution in [3.05, 3.63) is 77.9 Å². The zero-order valence-corrected chi connectivity index (χ0v) is 16.0. The third-order valence-electron chi connectivity index (χ3n) is 2.86. The third-order valence-corrected chi connectivity index (χ3v) is 2.86. The first-order valence-corrected chi connectivity index (χ1v) is 8.27. The molecule has 0 amide bonds. The van der Waals surface area contributed by atoms with E-state index < -0.39 is 0 Å². The van der Waals surface area contributed by atoms with Crippen molar-refractivity contribution in [2.45, 2.75) is 27.7 Å². The average Bonchev–Trinajstić information content (AvgIpc) is 2.63. The molecule has 0 bridgehead atoms. The van der Waals surface area contributed by atoms with Gasteiger partial charge in [-0.15, -0.1) is 5.10 Å². The minimum atomic E-state index is -0.0394. The van der Waals surface area contributed by atoms with E-state index in [1.165, 1.54) is 0 Å². The van der Waals surface area contributed by atoms with E-state index in [4.69, 9.17) is 16.9 Å². The summed E-state index contributed by atoms with van der Waals surface area (Å²) in [5, 5.41) is 14.5. The lowest BCUT2D eigenvalue weighted by atomic mass is 10.2. The van der Waals surface area contributed by atoms with E-state index in [1.54, 1.807) is 13.0 Å². The molecular weight excluding hydrogens is 322 g/mol. The first kappa shape index (κ1) is 22.8. The Labute approximate surface area is 156 Å². The molecular formula is C21H29N5. The summed E-state index contributed by atoms with van der Waals surface area (Å²) >= 11 is 0. The predicted molar refractivity (Wildman–Crippen MR) is 116 cm³/mol. The molecule has 0 aromatic heterocycles. The van der Waals surface area contributed by atoms with Gasteiger partial charge in [0.25, 0.3) is 0 Å². The maximum atomic E-state index is 7.16. The van der Waals surface area contributed by atoms with Crippen LogP contribution in [-0.2, 0) is 0 Å². The molecule has 138 valence electrons. The number of allylic oxidation sites excluding steroid dienone is 7. The summed E-state index contributed by atoms with van der Waals surface area (Å²) in [6, 6.07) is 9.98. The summed E-state index contributed by atoms with van der Waals surface area (Å²) in [5.74, 6) is -0.0394. The van der Waals surface area contributed by atoms with Gasteiger partial charge in [-0.2, -0.15) is 5.10 Å². The molecule has 0 heterocycles. The quantitative estimate of drug-likeness (QED) is 0.305. The van der Waals surface area contributed by atoms with Crippen molar-refractivity contribution in [2.24, 2.45) is 21.7 Å². The number of hydrogen-bond donors (Lipinski definition) is 3. The second-order valence-corrected chi connectivity index (χ2v) is 5.32. The van der Waals surface area contributed by atoms with Crippen LogP contribution in [0.2, 0.25) is 0 Å². The van der Waals surface area contributed by atoms with Gasteiger partial charge < -0.3 is 16.9 Å². The number of hydrogen-bond acceptors (Lipinski definition) is 3. The molecule has 0 unspecified atom stereocenters. The first-order valence-electron chi connectivity index (χ1n) is 8.27. The molecule has 5 heteroatoms. The van der Waals surface area contributed by atoms with Crippen LogP contribution in [0.15, 0.2) is 82.6 Å². The van der Waals surface area contributed by atoms with Gasteiger partial charge in [-0.25, -0.2) is 0 Å². The Balaban J connectivity index is 0.000000502. The number of rotatable bonds is 6. The largest absolute Gasteiger partial charge is 0.369 e. The van der Waals surface area contributed by atoms with Crippen LogP contribution in [0.3, 0.4) is 0 Å². The monoisotopic (exact) mass is 351 g/mol. The Hall–Kier alpha value is -3.21. The van der Waals surface area contributed by atoms with Crippen molar-refractivity contribution in [3.8, 4) is 0 Å². The summed E-state index contributed by atoms with van der Waals surface area (Å²) in [7, 11) is 0. The van der Waals surface area contributed by atoms with Crippen molar-refractivity contribution in [1.29, 1.82) is 5.41 Å². The van der Waals surface area contributed by atoms with Gasteiger partial charge in [0.2, 0.25) is 5.96 Å². The van der Waals surface area contributed by atoms with Gasteiger partial charge in [-0.05, 0) is 51.0 Å². The molecule has 1 aromatic rings. The Kier molecular flexibility index (Phi) is 12.4. The Morgan fingerprint density at radius 1 is 0.923 bits per heavy atom. The highest BCUT2D eigenvalue weighted by atomic mass is 15.3. The lowest BCUT2D eigenvalue weighted by Gasteiger charge is -1.91. The van der Waals surface area contributed by atoms with E-state index in [9.17, 15) is 0 Å². The van der Waals surface area contributed by atoms with Crippen LogP contribution < -0.4 is 11.5 Å². The van der Waals surface area contributed by atoms with Crippen molar-refractivity contribution in [2.75, 3.05) is 0 Å². The normalized spacial score (nSPS) is 12.3. The standard InChI is InChI=1S/C11H18N4.C10H11N/c1-4-6-10(5-2)8-7-9(3)14-15-11(12)13;1-9(11)7-8-10-5-3-2-4-6-10/h4-8H,1-3H3,(H4,12,13,15);2-8,11H,1H3/b6-4-,8-7+,10-5+,14-9+;8-7+,11-9?. The van der Waals surface area contributed by atoms with Gasteiger partial charge in [0.15, 0.2) is 0 Å². The van der Waals surface area contributed by atoms with Crippen LogP contribution in [0.1, 0.15) is 33.3 Å². The molecule has 0 saturated carbocycles. The zero-order chi connectivity index (χ0) is 19.8. The van der Waals surface area contributed by atoms with Crippen molar-refractivity contribution in [1.82, 2.24) is 0 Å². The van der Waals surface area contributed by atoms with Gasteiger partial charge in [0.05, 0.1) is 5.71 Å². The zero-order valence-electron chi connectivity index (χ0n) is 16.0. The first-order chi connectivity index (χ1) is 12.4. The SMILES string of the molecule is CC(=N)/C=C/c1ccccc1.C\C=C/C(/C=C/C(C)=N/N=C(N)N)=C\C. The predicted octanol–water partition coefficient (Wildman–Crippen LogP) is 4.45.